The fourth-order valence-electron chi connectivity index (χ4n) is 2.84. The minimum atomic E-state index is 0.571. The molecule has 3 aromatic carbocycles. The lowest BCUT2D eigenvalue weighted by molar-refractivity contribution is 0.304. The highest BCUT2D eigenvalue weighted by atomic mass is 16.5. The minimum Gasteiger partial charge on any atom is -0.489 e. The summed E-state index contributed by atoms with van der Waals surface area (Å²) in [6, 6.07) is 18.9. The first-order valence-corrected chi connectivity index (χ1v) is 7.58. The van der Waals surface area contributed by atoms with Crippen LogP contribution in [0.1, 0.15) is 16.7 Å². The Morgan fingerprint density at radius 3 is 2.55 bits per heavy atom. The molecule has 0 spiro atoms. The molecule has 22 heavy (non-hydrogen) atoms. The zero-order valence-electron chi connectivity index (χ0n) is 13.3. The normalized spacial score (nSPS) is 10.7. The monoisotopic (exact) mass is 291 g/mol. The van der Waals surface area contributed by atoms with Gasteiger partial charge in [0.2, 0.25) is 0 Å². The van der Waals surface area contributed by atoms with Gasteiger partial charge in [-0.2, -0.15) is 0 Å². The van der Waals surface area contributed by atoms with Gasteiger partial charge in [-0.05, 0) is 47.9 Å². The summed E-state index contributed by atoms with van der Waals surface area (Å²) in [6.07, 6.45) is 0. The third-order valence-electron chi connectivity index (χ3n) is 4.20. The molecule has 0 aliphatic carbocycles. The van der Waals surface area contributed by atoms with Gasteiger partial charge in [-0.1, -0.05) is 42.5 Å². The van der Waals surface area contributed by atoms with Crippen LogP contribution < -0.4 is 10.1 Å². The lowest BCUT2D eigenvalue weighted by Crippen LogP contribution is -2.03. The number of anilines is 1. The molecule has 0 aliphatic rings. The van der Waals surface area contributed by atoms with E-state index in [0.717, 1.165) is 11.4 Å². The zero-order chi connectivity index (χ0) is 15.5. The molecule has 0 aliphatic heterocycles. The Morgan fingerprint density at radius 1 is 0.909 bits per heavy atom. The van der Waals surface area contributed by atoms with Crippen molar-refractivity contribution in [3.05, 3.63) is 71.3 Å². The van der Waals surface area contributed by atoms with Gasteiger partial charge in [-0.25, -0.2) is 0 Å². The second-order valence-electron chi connectivity index (χ2n) is 5.55. The first-order valence-electron chi connectivity index (χ1n) is 7.58. The van der Waals surface area contributed by atoms with Crippen LogP contribution in [0, 0.1) is 13.8 Å². The zero-order valence-corrected chi connectivity index (χ0v) is 13.3. The second-order valence-corrected chi connectivity index (χ2v) is 5.55. The number of benzene rings is 3. The Labute approximate surface area is 131 Å². The Hall–Kier alpha value is -2.48. The van der Waals surface area contributed by atoms with E-state index in [1.54, 1.807) is 0 Å². The van der Waals surface area contributed by atoms with Crippen molar-refractivity contribution >= 4 is 16.5 Å². The van der Waals surface area contributed by atoms with E-state index in [0.29, 0.717) is 6.61 Å². The van der Waals surface area contributed by atoms with Crippen molar-refractivity contribution in [1.29, 1.82) is 0 Å². The third kappa shape index (κ3) is 2.64. The van der Waals surface area contributed by atoms with E-state index in [4.69, 9.17) is 4.74 Å². The van der Waals surface area contributed by atoms with E-state index in [-0.39, 0.29) is 0 Å². The van der Waals surface area contributed by atoms with Gasteiger partial charge in [0.1, 0.15) is 12.4 Å². The molecule has 0 unspecified atom stereocenters. The van der Waals surface area contributed by atoms with Gasteiger partial charge in [0.05, 0.1) is 0 Å². The predicted molar refractivity (Wildman–Crippen MR) is 93.7 cm³/mol. The maximum atomic E-state index is 6.11. The quantitative estimate of drug-likeness (QED) is 0.724. The number of rotatable bonds is 4. The molecule has 3 aromatic rings. The highest BCUT2D eigenvalue weighted by Crippen LogP contribution is 2.29. The number of hydrogen-bond donors (Lipinski definition) is 1. The largest absolute Gasteiger partial charge is 0.489 e. The SMILES string of the molecule is CNc1cccc(C)c1COc1ccc2ccccc2c1C. The Balaban J connectivity index is 1.90. The summed E-state index contributed by atoms with van der Waals surface area (Å²) in [5, 5.41) is 5.73. The van der Waals surface area contributed by atoms with Crippen LogP contribution in [0.5, 0.6) is 5.75 Å². The highest BCUT2D eigenvalue weighted by Gasteiger charge is 2.08. The van der Waals surface area contributed by atoms with Gasteiger partial charge in [0.25, 0.3) is 0 Å². The van der Waals surface area contributed by atoms with Crippen LogP contribution >= 0.6 is 0 Å². The molecular formula is C20H21NO. The van der Waals surface area contributed by atoms with Crippen LogP contribution in [-0.4, -0.2) is 7.05 Å². The molecule has 0 amide bonds. The number of ether oxygens (including phenoxy) is 1. The summed E-state index contributed by atoms with van der Waals surface area (Å²) < 4.78 is 6.11. The maximum Gasteiger partial charge on any atom is 0.123 e. The molecule has 0 aromatic heterocycles. The highest BCUT2D eigenvalue weighted by molar-refractivity contribution is 5.87. The third-order valence-corrected chi connectivity index (χ3v) is 4.20. The topological polar surface area (TPSA) is 21.3 Å². The predicted octanol–water partition coefficient (Wildman–Crippen LogP) is 5.08. The summed E-state index contributed by atoms with van der Waals surface area (Å²) >= 11 is 0. The summed E-state index contributed by atoms with van der Waals surface area (Å²) in [5.41, 5.74) is 4.76. The van der Waals surface area contributed by atoms with Crippen LogP contribution in [0.4, 0.5) is 5.69 Å². The molecular weight excluding hydrogens is 270 g/mol. The summed E-state index contributed by atoms with van der Waals surface area (Å²) in [7, 11) is 1.94. The van der Waals surface area contributed by atoms with E-state index >= 15 is 0 Å². The molecule has 0 radical (unpaired) electrons. The van der Waals surface area contributed by atoms with Crippen LogP contribution in [0.15, 0.2) is 54.6 Å². The average molecular weight is 291 g/mol. The fraction of sp³-hybridized carbons (Fsp3) is 0.200. The molecule has 3 rings (SSSR count). The van der Waals surface area contributed by atoms with E-state index in [1.807, 2.05) is 7.05 Å². The molecule has 0 fully saturated rings. The number of fused-ring (bicyclic) bond motifs is 1. The van der Waals surface area contributed by atoms with E-state index < -0.39 is 0 Å². The Bertz CT molecular complexity index is 808. The van der Waals surface area contributed by atoms with E-state index in [1.165, 1.54) is 27.5 Å². The van der Waals surface area contributed by atoms with Crippen LogP contribution in [0.2, 0.25) is 0 Å². The Morgan fingerprint density at radius 2 is 1.73 bits per heavy atom. The average Bonchev–Trinajstić information content (AvgIpc) is 2.55. The maximum absolute atomic E-state index is 6.11. The first-order chi connectivity index (χ1) is 10.7. The van der Waals surface area contributed by atoms with Crippen molar-refractivity contribution < 1.29 is 4.74 Å². The molecule has 2 heteroatoms. The van der Waals surface area contributed by atoms with Gasteiger partial charge in [0, 0.05) is 18.3 Å². The van der Waals surface area contributed by atoms with Crippen LogP contribution in [0.25, 0.3) is 10.8 Å². The lowest BCUT2D eigenvalue weighted by atomic mass is 10.0. The van der Waals surface area contributed by atoms with Crippen LogP contribution in [-0.2, 0) is 6.61 Å². The number of nitrogens with one attached hydrogen (secondary N) is 1. The van der Waals surface area contributed by atoms with Gasteiger partial charge in [0.15, 0.2) is 0 Å². The molecule has 1 N–H and O–H groups in total. The number of aryl methyl sites for hydroxylation is 2. The Kier molecular flexibility index (Phi) is 4.01. The summed E-state index contributed by atoms with van der Waals surface area (Å²) in [6.45, 7) is 4.81. The summed E-state index contributed by atoms with van der Waals surface area (Å²) in [5.74, 6) is 0.948. The van der Waals surface area contributed by atoms with E-state index in [2.05, 4.69) is 73.8 Å². The van der Waals surface area contributed by atoms with Crippen molar-refractivity contribution in [3.63, 3.8) is 0 Å². The fourth-order valence-corrected chi connectivity index (χ4v) is 2.84. The van der Waals surface area contributed by atoms with E-state index in [9.17, 15) is 0 Å². The minimum absolute atomic E-state index is 0.571. The second kappa shape index (κ2) is 6.10. The van der Waals surface area contributed by atoms with Gasteiger partial charge < -0.3 is 10.1 Å². The standard InChI is InChI=1S/C20H21NO/c1-14-7-6-10-19(21-3)18(14)13-22-20-12-11-16-8-4-5-9-17(16)15(20)2/h4-12,21H,13H2,1-3H3. The number of hydrogen-bond acceptors (Lipinski definition) is 2. The van der Waals surface area contributed by atoms with Crippen LogP contribution in [0.3, 0.4) is 0 Å². The van der Waals surface area contributed by atoms with Crippen molar-refractivity contribution in [1.82, 2.24) is 0 Å². The summed E-state index contributed by atoms with van der Waals surface area (Å²) in [4.78, 5) is 0. The molecule has 0 saturated carbocycles. The molecule has 0 heterocycles. The van der Waals surface area contributed by atoms with Crippen molar-refractivity contribution in [2.24, 2.45) is 0 Å². The van der Waals surface area contributed by atoms with Gasteiger partial charge >= 0.3 is 0 Å². The van der Waals surface area contributed by atoms with Crippen molar-refractivity contribution in [3.8, 4) is 5.75 Å². The molecule has 2 nitrogen and oxygen atoms in total. The van der Waals surface area contributed by atoms with Crippen molar-refractivity contribution in [2.75, 3.05) is 12.4 Å². The van der Waals surface area contributed by atoms with Crippen molar-refractivity contribution in [2.45, 2.75) is 20.5 Å². The lowest BCUT2D eigenvalue weighted by Gasteiger charge is -2.15. The van der Waals surface area contributed by atoms with Gasteiger partial charge in [-0.3, -0.25) is 0 Å². The molecule has 0 atom stereocenters. The molecule has 0 saturated heterocycles. The van der Waals surface area contributed by atoms with Gasteiger partial charge in [-0.15, -0.1) is 0 Å². The molecule has 0 bridgehead atoms. The smallest absolute Gasteiger partial charge is 0.123 e. The first kappa shape index (κ1) is 14.5. The molecule has 112 valence electrons.